The summed E-state index contributed by atoms with van der Waals surface area (Å²) in [5.41, 5.74) is 0.616. The van der Waals surface area contributed by atoms with E-state index in [0.717, 1.165) is 30.2 Å². The molecule has 31 heavy (non-hydrogen) atoms. The number of rotatable bonds is 4. The van der Waals surface area contributed by atoms with Crippen molar-refractivity contribution >= 4 is 22.9 Å². The predicted octanol–water partition coefficient (Wildman–Crippen LogP) is 3.66. The third kappa shape index (κ3) is 3.93. The van der Waals surface area contributed by atoms with Gasteiger partial charge >= 0.3 is 11.7 Å². The summed E-state index contributed by atoms with van der Waals surface area (Å²) in [7, 11) is 0. The largest absolute Gasteiger partial charge is 0.481 e. The van der Waals surface area contributed by atoms with Gasteiger partial charge in [0.15, 0.2) is 6.10 Å². The lowest BCUT2D eigenvalue weighted by Gasteiger charge is -2.56. The van der Waals surface area contributed by atoms with Crippen LogP contribution in [0.4, 0.5) is 4.79 Å². The molecule has 4 saturated carbocycles. The van der Waals surface area contributed by atoms with Crippen LogP contribution in [0, 0.1) is 24.7 Å². The molecular weight excluding hydrogens is 396 g/mol. The summed E-state index contributed by atoms with van der Waals surface area (Å²) in [6, 6.07) is 6.08. The van der Waals surface area contributed by atoms with E-state index in [-0.39, 0.29) is 5.54 Å². The summed E-state index contributed by atoms with van der Waals surface area (Å²) < 4.78 is 10.9. The van der Waals surface area contributed by atoms with Gasteiger partial charge in [0.1, 0.15) is 11.3 Å². The highest BCUT2D eigenvalue weighted by atomic mass is 16.5. The van der Waals surface area contributed by atoms with Gasteiger partial charge in [0.2, 0.25) is 0 Å². The number of ether oxygens (including phenoxy) is 1. The lowest BCUT2D eigenvalue weighted by molar-refractivity contribution is -0.126. The van der Waals surface area contributed by atoms with Gasteiger partial charge < -0.3 is 14.5 Å². The Labute approximate surface area is 180 Å². The van der Waals surface area contributed by atoms with Crippen LogP contribution in [0.1, 0.15) is 51.0 Å². The average Bonchev–Trinajstić information content (AvgIpc) is 2.65. The van der Waals surface area contributed by atoms with Crippen LogP contribution in [-0.4, -0.2) is 23.6 Å². The average molecular weight is 424 g/mol. The number of benzene rings is 1. The summed E-state index contributed by atoms with van der Waals surface area (Å²) in [6.45, 7) is 3.42. The molecule has 1 aromatic carbocycles. The third-order valence-corrected chi connectivity index (χ3v) is 7.26. The number of hydrogen-bond donors (Lipinski definition) is 2. The molecule has 7 nitrogen and oxygen atoms in total. The topological polar surface area (TPSA) is 97.6 Å². The van der Waals surface area contributed by atoms with E-state index in [1.807, 2.05) is 6.92 Å². The molecule has 2 N–H and O–H groups in total. The van der Waals surface area contributed by atoms with E-state index < -0.39 is 23.7 Å². The van der Waals surface area contributed by atoms with Crippen LogP contribution in [0.25, 0.3) is 11.0 Å². The zero-order chi connectivity index (χ0) is 21.8. The van der Waals surface area contributed by atoms with Crippen molar-refractivity contribution in [1.29, 1.82) is 0 Å². The van der Waals surface area contributed by atoms with Gasteiger partial charge in [-0.25, -0.2) is 9.59 Å². The third-order valence-electron chi connectivity index (χ3n) is 7.26. The maximum absolute atomic E-state index is 12.6. The van der Waals surface area contributed by atoms with Crippen molar-refractivity contribution in [3.8, 4) is 5.75 Å². The van der Waals surface area contributed by atoms with E-state index in [1.54, 1.807) is 25.1 Å². The fourth-order valence-corrected chi connectivity index (χ4v) is 6.39. The molecule has 4 aliphatic rings. The van der Waals surface area contributed by atoms with Crippen molar-refractivity contribution in [3.05, 3.63) is 40.2 Å². The highest BCUT2D eigenvalue weighted by Gasteiger charge is 2.51. The van der Waals surface area contributed by atoms with Gasteiger partial charge in [-0.05, 0) is 87.8 Å². The lowest BCUT2D eigenvalue weighted by Crippen LogP contribution is -2.62. The fraction of sp³-hybridized carbons (Fsp3) is 0.542. The van der Waals surface area contributed by atoms with E-state index in [0.29, 0.717) is 29.1 Å². The zero-order valence-corrected chi connectivity index (χ0v) is 17.9. The van der Waals surface area contributed by atoms with Gasteiger partial charge in [-0.15, -0.1) is 0 Å². The molecule has 1 heterocycles. The number of amides is 3. The van der Waals surface area contributed by atoms with Crippen LogP contribution in [0.3, 0.4) is 0 Å². The minimum Gasteiger partial charge on any atom is -0.481 e. The fourth-order valence-electron chi connectivity index (χ4n) is 6.39. The Hall–Kier alpha value is -2.83. The van der Waals surface area contributed by atoms with E-state index in [9.17, 15) is 14.4 Å². The minimum atomic E-state index is -0.879. The van der Waals surface area contributed by atoms with E-state index in [2.05, 4.69) is 10.6 Å². The van der Waals surface area contributed by atoms with Gasteiger partial charge in [-0.2, -0.15) is 0 Å². The molecule has 0 saturated heterocycles. The van der Waals surface area contributed by atoms with Gasteiger partial charge in [0, 0.05) is 23.1 Å². The first-order chi connectivity index (χ1) is 14.8. The van der Waals surface area contributed by atoms with Gasteiger partial charge in [-0.1, -0.05) is 0 Å². The molecule has 4 fully saturated rings. The molecule has 4 bridgehead atoms. The number of fused-ring (bicyclic) bond motifs is 1. The molecule has 164 valence electrons. The van der Waals surface area contributed by atoms with Crippen LogP contribution in [0.2, 0.25) is 0 Å². The summed E-state index contributed by atoms with van der Waals surface area (Å²) >= 11 is 0. The highest BCUT2D eigenvalue weighted by molar-refractivity contribution is 5.96. The Morgan fingerprint density at radius 2 is 1.74 bits per heavy atom. The normalized spacial score (nSPS) is 29.5. The van der Waals surface area contributed by atoms with Crippen molar-refractivity contribution < 1.29 is 18.7 Å². The molecule has 1 atom stereocenters. The lowest BCUT2D eigenvalue weighted by atomic mass is 9.53. The molecule has 0 spiro atoms. The van der Waals surface area contributed by atoms with E-state index in [4.69, 9.17) is 9.15 Å². The summed E-state index contributed by atoms with van der Waals surface area (Å²) in [4.78, 5) is 36.8. The number of imide groups is 1. The van der Waals surface area contributed by atoms with E-state index >= 15 is 0 Å². The quantitative estimate of drug-likeness (QED) is 0.730. The first-order valence-corrected chi connectivity index (χ1v) is 11.1. The van der Waals surface area contributed by atoms with Crippen molar-refractivity contribution in [2.24, 2.45) is 17.8 Å². The number of urea groups is 1. The number of carbonyl (C=O) groups is 2. The first kappa shape index (κ1) is 20.1. The number of aryl methyl sites for hydroxylation is 1. The molecule has 1 unspecified atom stereocenters. The molecule has 0 aliphatic heterocycles. The van der Waals surface area contributed by atoms with Crippen molar-refractivity contribution in [1.82, 2.24) is 10.6 Å². The smallest absolute Gasteiger partial charge is 0.336 e. The standard InChI is InChI=1S/C24H28N2O5/c1-13-5-21(27)31-20-9-18(3-4-19(13)20)30-14(2)22(28)25-23(29)26-24-10-15-6-16(11-24)8-17(7-15)12-24/h3-5,9,14-17H,6-8,10-12H2,1-2H3,(H2,25,26,28,29). The first-order valence-electron chi connectivity index (χ1n) is 11.1. The molecule has 2 aromatic rings. The molecular formula is C24H28N2O5. The Morgan fingerprint density at radius 1 is 1.10 bits per heavy atom. The van der Waals surface area contributed by atoms with Gasteiger partial charge in [-0.3, -0.25) is 10.1 Å². The molecule has 7 heteroatoms. The van der Waals surface area contributed by atoms with Crippen molar-refractivity contribution in [3.63, 3.8) is 0 Å². The monoisotopic (exact) mass is 424 g/mol. The number of hydrogen-bond acceptors (Lipinski definition) is 5. The van der Waals surface area contributed by atoms with Crippen LogP contribution >= 0.6 is 0 Å². The second-order valence-corrected chi connectivity index (χ2v) is 9.81. The van der Waals surface area contributed by atoms with Crippen molar-refractivity contribution in [2.45, 2.75) is 64.0 Å². The Bertz CT molecular complexity index is 1070. The second kappa shape index (κ2) is 7.39. The molecule has 4 aliphatic carbocycles. The maximum atomic E-state index is 12.6. The van der Waals surface area contributed by atoms with Crippen LogP contribution in [0.15, 0.2) is 33.5 Å². The zero-order valence-electron chi connectivity index (χ0n) is 17.9. The number of nitrogens with one attached hydrogen (secondary N) is 2. The molecule has 3 amide bonds. The van der Waals surface area contributed by atoms with Crippen molar-refractivity contribution in [2.75, 3.05) is 0 Å². The maximum Gasteiger partial charge on any atom is 0.336 e. The molecule has 0 radical (unpaired) electrons. The Morgan fingerprint density at radius 3 is 2.39 bits per heavy atom. The van der Waals surface area contributed by atoms with Gasteiger partial charge in [0.05, 0.1) is 0 Å². The minimum absolute atomic E-state index is 0.156. The molecule has 1 aromatic heterocycles. The Balaban J connectivity index is 1.21. The Kier molecular flexibility index (Phi) is 4.79. The summed E-state index contributed by atoms with van der Waals surface area (Å²) in [6.07, 6.45) is 6.06. The second-order valence-electron chi connectivity index (χ2n) is 9.81. The van der Waals surface area contributed by atoms with Gasteiger partial charge in [0.25, 0.3) is 5.91 Å². The van der Waals surface area contributed by atoms with Crippen LogP contribution in [0.5, 0.6) is 5.75 Å². The van der Waals surface area contributed by atoms with Crippen LogP contribution < -0.4 is 21.0 Å². The molecule has 6 rings (SSSR count). The van der Waals surface area contributed by atoms with E-state index in [1.165, 1.54) is 25.3 Å². The van der Waals surface area contributed by atoms with Crippen LogP contribution in [-0.2, 0) is 4.79 Å². The summed E-state index contributed by atoms with van der Waals surface area (Å²) in [5.74, 6) is 2.02. The highest BCUT2D eigenvalue weighted by Crippen LogP contribution is 2.55. The summed E-state index contributed by atoms with van der Waals surface area (Å²) in [5, 5.41) is 6.38. The SMILES string of the molecule is Cc1cc(=O)oc2cc(OC(C)C(=O)NC(=O)NC34CC5CC(CC(C5)C3)C4)ccc12. The number of carbonyl (C=O) groups excluding carboxylic acids is 2. The predicted molar refractivity (Wildman–Crippen MR) is 115 cm³/mol.